The monoisotopic (exact) mass is 693 g/mol. The van der Waals surface area contributed by atoms with E-state index in [4.69, 9.17) is 0 Å². The van der Waals surface area contributed by atoms with Gasteiger partial charge >= 0.3 is 12.5 Å². The predicted octanol–water partition coefficient (Wildman–Crippen LogP) is 11.5. The Bertz CT molecular complexity index is 1940. The first-order valence-corrected chi connectivity index (χ1v) is 14.8. The number of halogens is 10. The van der Waals surface area contributed by atoms with Gasteiger partial charge in [-0.05, 0) is 72.0 Å². The summed E-state index contributed by atoms with van der Waals surface area (Å²) in [6, 6.07) is 13.0. The molecule has 0 aliphatic rings. The molecule has 0 spiro atoms. The van der Waals surface area contributed by atoms with E-state index in [1.54, 1.807) is 18.3 Å². The number of unbranched alkanes of at least 4 members (excludes halogenated alkanes) is 2. The van der Waals surface area contributed by atoms with Crippen molar-refractivity contribution in [2.45, 2.75) is 45.1 Å². The molecule has 256 valence electrons. The van der Waals surface area contributed by atoms with E-state index in [0.717, 1.165) is 43.4 Å². The minimum Gasteiger partial charge on any atom is -0.429 e. The molecule has 3 nitrogen and oxygen atoms in total. The summed E-state index contributed by atoms with van der Waals surface area (Å²) in [5.74, 6) is -9.65. The van der Waals surface area contributed by atoms with Gasteiger partial charge in [0.1, 0.15) is 34.6 Å². The lowest BCUT2D eigenvalue weighted by Crippen LogP contribution is -2.25. The molecule has 0 saturated heterocycles. The molecule has 0 radical (unpaired) electrons. The summed E-state index contributed by atoms with van der Waals surface area (Å²) in [5, 5.41) is 0. The van der Waals surface area contributed by atoms with Crippen molar-refractivity contribution in [1.29, 1.82) is 0 Å². The van der Waals surface area contributed by atoms with Gasteiger partial charge in [0.2, 0.25) is 0 Å². The van der Waals surface area contributed by atoms with Crippen LogP contribution in [0.4, 0.5) is 43.9 Å². The molecule has 0 unspecified atom stereocenters. The summed E-state index contributed by atoms with van der Waals surface area (Å²) in [6.45, 7) is 2.11. The number of hydrogen-bond donors (Lipinski definition) is 0. The Morgan fingerprint density at radius 2 is 1.20 bits per heavy atom. The van der Waals surface area contributed by atoms with Crippen molar-refractivity contribution in [2.24, 2.45) is 0 Å². The molecule has 0 aliphatic carbocycles. The summed E-state index contributed by atoms with van der Waals surface area (Å²) in [6.07, 6.45) is -4.22. The van der Waals surface area contributed by atoms with Gasteiger partial charge in [-0.1, -0.05) is 50.1 Å². The van der Waals surface area contributed by atoms with E-state index in [0.29, 0.717) is 35.5 Å². The van der Waals surface area contributed by atoms with E-state index in [1.165, 1.54) is 18.2 Å². The van der Waals surface area contributed by atoms with Crippen LogP contribution in [0.2, 0.25) is 0 Å². The van der Waals surface area contributed by atoms with Crippen LogP contribution in [0.15, 0.2) is 85.1 Å². The maximum atomic E-state index is 15.2. The number of ether oxygens (including phenoxy) is 2. The summed E-state index contributed by atoms with van der Waals surface area (Å²) in [4.78, 5) is 4.41. The van der Waals surface area contributed by atoms with Crippen LogP contribution in [-0.2, 0) is 12.5 Å². The van der Waals surface area contributed by atoms with Crippen molar-refractivity contribution in [3.05, 3.63) is 125 Å². The van der Waals surface area contributed by atoms with Crippen molar-refractivity contribution >= 4 is 0 Å². The predicted molar refractivity (Wildman–Crippen MR) is 161 cm³/mol. The molecule has 0 saturated carbocycles. The van der Waals surface area contributed by atoms with Crippen LogP contribution in [0.25, 0.3) is 33.5 Å². The van der Waals surface area contributed by atoms with Crippen LogP contribution >= 0.6 is 0 Å². The van der Waals surface area contributed by atoms with E-state index in [-0.39, 0.29) is 17.2 Å². The lowest BCUT2D eigenvalue weighted by molar-refractivity contribution is -0.275. The minimum absolute atomic E-state index is 0.0179. The van der Waals surface area contributed by atoms with Crippen molar-refractivity contribution in [2.75, 3.05) is 0 Å². The summed E-state index contributed by atoms with van der Waals surface area (Å²) in [7, 11) is 0. The zero-order valence-electron chi connectivity index (χ0n) is 25.5. The fraction of sp³-hybridized carbons (Fsp3) is 0.194. The molecule has 5 rings (SSSR count). The van der Waals surface area contributed by atoms with Crippen molar-refractivity contribution < 1.29 is 53.4 Å². The molecule has 49 heavy (non-hydrogen) atoms. The number of nitrogens with zero attached hydrogens (tertiary/aromatic N) is 1. The Balaban J connectivity index is 1.34. The van der Waals surface area contributed by atoms with Gasteiger partial charge in [-0.2, -0.15) is 8.78 Å². The first-order valence-electron chi connectivity index (χ1n) is 14.8. The fourth-order valence-corrected chi connectivity index (χ4v) is 5.11. The normalized spacial score (nSPS) is 11.9. The van der Waals surface area contributed by atoms with Crippen molar-refractivity contribution in [3.8, 4) is 45.0 Å². The second kappa shape index (κ2) is 14.2. The number of pyridine rings is 1. The Morgan fingerprint density at radius 1 is 0.592 bits per heavy atom. The lowest BCUT2D eigenvalue weighted by Gasteiger charge is -2.20. The molecule has 0 fully saturated rings. The number of benzene rings is 4. The van der Waals surface area contributed by atoms with Crippen LogP contribution in [0.3, 0.4) is 0 Å². The number of rotatable bonds is 11. The standard InChI is InChI=1S/C36H25F10NO2/c1-2-3-4-5-20-6-12-32(47-19-20)22-8-11-25(28(38)15-22)21-7-10-26(27(37)14-21)23-16-30(40)34(31(41)17-23)35(42,43)48-24-9-13-33(29(39)18-24)49-36(44,45)46/h6-19H,2-5H2,1H3. The molecule has 0 amide bonds. The molecular weight excluding hydrogens is 668 g/mol. The van der Waals surface area contributed by atoms with Gasteiger partial charge in [-0.25, -0.2) is 22.0 Å². The minimum atomic E-state index is -5.28. The Kier molecular flexibility index (Phi) is 10.2. The number of alkyl halides is 5. The van der Waals surface area contributed by atoms with Crippen LogP contribution in [-0.4, -0.2) is 11.3 Å². The SMILES string of the molecule is CCCCCc1ccc(-c2ccc(-c3ccc(-c4cc(F)c(C(F)(F)Oc5ccc(OC(F)(F)F)c(F)c5)c(F)c4)c(F)c3)c(F)c2)nc1. The summed E-state index contributed by atoms with van der Waals surface area (Å²) in [5.41, 5.74) is -0.626. The third-order valence-corrected chi connectivity index (χ3v) is 7.46. The molecular formula is C36H25F10NO2. The Hall–Kier alpha value is -5.07. The Labute approximate surface area is 273 Å². The average Bonchev–Trinajstić information content (AvgIpc) is 3.01. The van der Waals surface area contributed by atoms with Crippen LogP contribution in [0, 0.1) is 29.1 Å². The number of aryl methyl sites for hydroxylation is 1. The summed E-state index contributed by atoms with van der Waals surface area (Å²) >= 11 is 0. The van der Waals surface area contributed by atoms with Crippen LogP contribution in [0.1, 0.15) is 37.3 Å². The van der Waals surface area contributed by atoms with Crippen LogP contribution in [0.5, 0.6) is 11.5 Å². The molecule has 13 heteroatoms. The van der Waals surface area contributed by atoms with Gasteiger partial charge in [0.25, 0.3) is 0 Å². The quantitative estimate of drug-likeness (QED) is 0.102. The first kappa shape index (κ1) is 35.2. The molecule has 1 aromatic heterocycles. The lowest BCUT2D eigenvalue weighted by atomic mass is 9.97. The van der Waals surface area contributed by atoms with Gasteiger partial charge in [-0.15, -0.1) is 13.2 Å². The van der Waals surface area contributed by atoms with E-state index in [9.17, 15) is 35.1 Å². The van der Waals surface area contributed by atoms with Gasteiger partial charge in [0.15, 0.2) is 11.6 Å². The third-order valence-electron chi connectivity index (χ3n) is 7.46. The largest absolute Gasteiger partial charge is 0.573 e. The molecule has 0 bridgehead atoms. The second-order valence-electron chi connectivity index (χ2n) is 11.0. The molecule has 5 aromatic rings. The maximum absolute atomic E-state index is 15.2. The Morgan fingerprint density at radius 3 is 1.78 bits per heavy atom. The highest BCUT2D eigenvalue weighted by Gasteiger charge is 2.42. The average molecular weight is 694 g/mol. The smallest absolute Gasteiger partial charge is 0.429 e. The van der Waals surface area contributed by atoms with E-state index in [1.807, 2.05) is 6.07 Å². The molecule has 0 N–H and O–H groups in total. The van der Waals surface area contributed by atoms with Gasteiger partial charge < -0.3 is 9.47 Å². The molecule has 0 atom stereocenters. The molecule has 1 heterocycles. The maximum Gasteiger partial charge on any atom is 0.573 e. The van der Waals surface area contributed by atoms with Gasteiger partial charge in [-0.3, -0.25) is 4.98 Å². The molecule has 4 aromatic carbocycles. The van der Waals surface area contributed by atoms with Crippen molar-refractivity contribution in [3.63, 3.8) is 0 Å². The van der Waals surface area contributed by atoms with Gasteiger partial charge in [0, 0.05) is 29.0 Å². The summed E-state index contributed by atoms with van der Waals surface area (Å²) < 4.78 is 148. The second-order valence-corrected chi connectivity index (χ2v) is 11.0. The number of aromatic nitrogens is 1. The van der Waals surface area contributed by atoms with E-state index in [2.05, 4.69) is 21.4 Å². The molecule has 0 aliphatic heterocycles. The fourth-order valence-electron chi connectivity index (χ4n) is 5.11. The zero-order chi connectivity index (χ0) is 35.5. The number of hydrogen-bond acceptors (Lipinski definition) is 3. The zero-order valence-corrected chi connectivity index (χ0v) is 25.5. The van der Waals surface area contributed by atoms with Crippen LogP contribution < -0.4 is 9.47 Å². The topological polar surface area (TPSA) is 31.4 Å². The van der Waals surface area contributed by atoms with E-state index >= 15 is 8.78 Å². The van der Waals surface area contributed by atoms with E-state index < -0.39 is 69.7 Å². The highest BCUT2D eigenvalue weighted by Crippen LogP contribution is 2.39. The highest BCUT2D eigenvalue weighted by atomic mass is 19.4. The van der Waals surface area contributed by atoms with Gasteiger partial charge in [0.05, 0.1) is 5.69 Å². The first-order chi connectivity index (χ1) is 23.1. The van der Waals surface area contributed by atoms with Crippen molar-refractivity contribution in [1.82, 2.24) is 4.98 Å². The highest BCUT2D eigenvalue weighted by molar-refractivity contribution is 5.73. The third kappa shape index (κ3) is 8.33.